The summed E-state index contributed by atoms with van der Waals surface area (Å²) in [6, 6.07) is 14.3. The first-order valence-corrected chi connectivity index (χ1v) is 13.1. The van der Waals surface area contributed by atoms with Crippen molar-refractivity contribution in [2.24, 2.45) is 0 Å². The standard InChI is InChI=1S/C28H39N5O2/c34-27-21-26(25-9-4-3-5-10-25)33(22-24-11-13-29-14-12-24)19-8-18-32(20-15-30-27)28(35)23-31-16-6-1-2-7-17-31/h3-5,9-14,26H,1-2,6-8,15-23H2,(H,30,34). The van der Waals surface area contributed by atoms with E-state index in [-0.39, 0.29) is 17.9 Å². The SMILES string of the molecule is O=C1CC(c2ccccc2)N(Cc2ccncc2)CCCN(C(=O)CN2CCCCCC2)CCN1. The highest BCUT2D eigenvalue weighted by molar-refractivity contribution is 5.79. The summed E-state index contributed by atoms with van der Waals surface area (Å²) in [5.41, 5.74) is 2.32. The minimum Gasteiger partial charge on any atom is -0.354 e. The molecule has 1 aromatic carbocycles. The van der Waals surface area contributed by atoms with Crippen molar-refractivity contribution < 1.29 is 9.59 Å². The Morgan fingerprint density at radius 1 is 0.886 bits per heavy atom. The van der Waals surface area contributed by atoms with Crippen LogP contribution in [0, 0.1) is 0 Å². The molecule has 0 aliphatic carbocycles. The lowest BCUT2D eigenvalue weighted by atomic mass is 10.00. The first-order valence-electron chi connectivity index (χ1n) is 13.1. The van der Waals surface area contributed by atoms with Crippen molar-refractivity contribution in [2.75, 3.05) is 45.8 Å². The van der Waals surface area contributed by atoms with Crippen LogP contribution in [0.1, 0.15) is 55.7 Å². The van der Waals surface area contributed by atoms with Gasteiger partial charge in [0.1, 0.15) is 0 Å². The van der Waals surface area contributed by atoms with E-state index in [9.17, 15) is 9.59 Å². The molecule has 2 amide bonds. The minimum absolute atomic E-state index is 0.0243. The lowest BCUT2D eigenvalue weighted by Gasteiger charge is -2.32. The average Bonchev–Trinajstić information content (AvgIpc) is 3.16. The first kappa shape index (κ1) is 25.3. The van der Waals surface area contributed by atoms with Gasteiger partial charge in [-0.3, -0.25) is 24.4 Å². The normalized spacial score (nSPS) is 21.5. The van der Waals surface area contributed by atoms with Gasteiger partial charge in [0.05, 0.1) is 6.54 Å². The topological polar surface area (TPSA) is 68.8 Å². The molecule has 2 fully saturated rings. The zero-order valence-electron chi connectivity index (χ0n) is 20.8. The van der Waals surface area contributed by atoms with E-state index in [0.29, 0.717) is 32.6 Å². The van der Waals surface area contributed by atoms with Gasteiger partial charge in [0.25, 0.3) is 0 Å². The lowest BCUT2D eigenvalue weighted by Crippen LogP contribution is -2.44. The van der Waals surface area contributed by atoms with Crippen LogP contribution in [-0.2, 0) is 16.1 Å². The fourth-order valence-electron chi connectivity index (χ4n) is 5.19. The number of pyridine rings is 1. The van der Waals surface area contributed by atoms with Crippen LogP contribution in [0.3, 0.4) is 0 Å². The molecule has 0 radical (unpaired) electrons. The van der Waals surface area contributed by atoms with E-state index in [1.54, 1.807) is 0 Å². The second-order valence-corrected chi connectivity index (χ2v) is 9.73. The molecule has 188 valence electrons. The molecule has 2 saturated heterocycles. The number of hydrogen-bond acceptors (Lipinski definition) is 5. The van der Waals surface area contributed by atoms with E-state index in [1.807, 2.05) is 47.6 Å². The summed E-state index contributed by atoms with van der Waals surface area (Å²) >= 11 is 0. The number of rotatable bonds is 5. The van der Waals surface area contributed by atoms with Gasteiger partial charge in [-0.15, -0.1) is 0 Å². The first-order chi connectivity index (χ1) is 17.2. The van der Waals surface area contributed by atoms with E-state index in [2.05, 4.69) is 32.2 Å². The van der Waals surface area contributed by atoms with Crippen LogP contribution in [0.15, 0.2) is 54.9 Å². The van der Waals surface area contributed by atoms with Gasteiger partial charge in [0.2, 0.25) is 11.8 Å². The van der Waals surface area contributed by atoms with Crippen molar-refractivity contribution in [3.05, 3.63) is 66.0 Å². The number of carbonyl (C=O) groups excluding carboxylic acids is 2. The third-order valence-electron chi connectivity index (χ3n) is 7.13. The van der Waals surface area contributed by atoms with Crippen molar-refractivity contribution >= 4 is 11.8 Å². The van der Waals surface area contributed by atoms with E-state index in [1.165, 1.54) is 31.2 Å². The summed E-state index contributed by atoms with van der Waals surface area (Å²) in [6.45, 7) is 5.82. The van der Waals surface area contributed by atoms with Crippen molar-refractivity contribution in [1.29, 1.82) is 0 Å². The van der Waals surface area contributed by atoms with E-state index in [4.69, 9.17) is 0 Å². The van der Waals surface area contributed by atoms with Crippen LogP contribution in [-0.4, -0.2) is 77.3 Å². The molecule has 35 heavy (non-hydrogen) atoms. The van der Waals surface area contributed by atoms with Crippen molar-refractivity contribution in [3.8, 4) is 0 Å². The fraction of sp³-hybridized carbons (Fsp3) is 0.536. The van der Waals surface area contributed by atoms with Crippen LogP contribution in [0.4, 0.5) is 0 Å². The quantitative estimate of drug-likeness (QED) is 0.716. The number of amides is 2. The van der Waals surface area contributed by atoms with Gasteiger partial charge >= 0.3 is 0 Å². The molecule has 3 heterocycles. The Bertz CT molecular complexity index is 915. The molecule has 1 N–H and O–H groups in total. The number of nitrogens with zero attached hydrogens (tertiary/aromatic N) is 4. The highest BCUT2D eigenvalue weighted by Gasteiger charge is 2.26. The summed E-state index contributed by atoms with van der Waals surface area (Å²) in [4.78, 5) is 37.0. The molecule has 1 unspecified atom stereocenters. The number of hydrogen-bond donors (Lipinski definition) is 1. The van der Waals surface area contributed by atoms with Gasteiger partial charge in [0.15, 0.2) is 0 Å². The van der Waals surface area contributed by atoms with Gasteiger partial charge < -0.3 is 10.2 Å². The smallest absolute Gasteiger partial charge is 0.236 e. The summed E-state index contributed by atoms with van der Waals surface area (Å²) in [6.07, 6.45) is 9.77. The Morgan fingerprint density at radius 3 is 2.37 bits per heavy atom. The molecule has 7 nitrogen and oxygen atoms in total. The average molecular weight is 478 g/mol. The Labute approximate surface area is 209 Å². The molecular weight excluding hydrogens is 438 g/mol. The summed E-state index contributed by atoms with van der Waals surface area (Å²) in [7, 11) is 0. The van der Waals surface area contributed by atoms with Crippen molar-refractivity contribution in [1.82, 2.24) is 25.0 Å². The number of nitrogens with one attached hydrogen (secondary N) is 1. The monoisotopic (exact) mass is 477 g/mol. The van der Waals surface area contributed by atoms with E-state index >= 15 is 0 Å². The zero-order chi connectivity index (χ0) is 24.3. The molecule has 7 heteroatoms. The van der Waals surface area contributed by atoms with Gasteiger partial charge in [-0.2, -0.15) is 0 Å². The van der Waals surface area contributed by atoms with Gasteiger partial charge in [-0.05, 0) is 55.6 Å². The summed E-state index contributed by atoms with van der Waals surface area (Å²) < 4.78 is 0. The maximum atomic E-state index is 13.2. The Hall–Kier alpha value is -2.77. The Kier molecular flexibility index (Phi) is 9.66. The number of aromatic nitrogens is 1. The molecule has 0 saturated carbocycles. The molecule has 0 bridgehead atoms. The Balaban J connectivity index is 1.48. The third kappa shape index (κ3) is 7.87. The molecule has 0 spiro atoms. The van der Waals surface area contributed by atoms with Crippen molar-refractivity contribution in [2.45, 2.75) is 51.1 Å². The predicted molar refractivity (Wildman–Crippen MR) is 138 cm³/mol. The van der Waals surface area contributed by atoms with Crippen LogP contribution in [0.5, 0.6) is 0 Å². The van der Waals surface area contributed by atoms with Crippen LogP contribution in [0.2, 0.25) is 0 Å². The number of carbonyl (C=O) groups is 2. The maximum absolute atomic E-state index is 13.2. The summed E-state index contributed by atoms with van der Waals surface area (Å²) in [5.74, 6) is 0.209. The molecule has 2 aliphatic heterocycles. The molecule has 4 rings (SSSR count). The van der Waals surface area contributed by atoms with Gasteiger partial charge in [-0.1, -0.05) is 43.2 Å². The largest absolute Gasteiger partial charge is 0.354 e. The van der Waals surface area contributed by atoms with Crippen LogP contribution >= 0.6 is 0 Å². The highest BCUT2D eigenvalue weighted by Crippen LogP contribution is 2.27. The highest BCUT2D eigenvalue weighted by atomic mass is 16.2. The zero-order valence-corrected chi connectivity index (χ0v) is 20.8. The fourth-order valence-corrected chi connectivity index (χ4v) is 5.19. The second kappa shape index (κ2) is 13.4. The number of likely N-dealkylation sites (tertiary alicyclic amines) is 1. The lowest BCUT2D eigenvalue weighted by molar-refractivity contribution is -0.133. The molecule has 1 atom stereocenters. The van der Waals surface area contributed by atoms with E-state index < -0.39 is 0 Å². The second-order valence-electron chi connectivity index (χ2n) is 9.73. The van der Waals surface area contributed by atoms with E-state index in [0.717, 1.165) is 38.2 Å². The van der Waals surface area contributed by atoms with Gasteiger partial charge in [0, 0.05) is 57.6 Å². The number of benzene rings is 1. The molecular formula is C28H39N5O2. The van der Waals surface area contributed by atoms with Crippen LogP contribution < -0.4 is 5.32 Å². The third-order valence-corrected chi connectivity index (χ3v) is 7.13. The Morgan fingerprint density at radius 2 is 1.63 bits per heavy atom. The van der Waals surface area contributed by atoms with Crippen LogP contribution in [0.25, 0.3) is 0 Å². The maximum Gasteiger partial charge on any atom is 0.236 e. The summed E-state index contributed by atoms with van der Waals surface area (Å²) in [5, 5.41) is 3.08. The molecule has 1 aromatic heterocycles. The van der Waals surface area contributed by atoms with Gasteiger partial charge in [-0.25, -0.2) is 0 Å². The molecule has 2 aliphatic rings. The van der Waals surface area contributed by atoms with Crippen molar-refractivity contribution in [3.63, 3.8) is 0 Å². The minimum atomic E-state index is -0.0243. The molecule has 2 aromatic rings. The predicted octanol–water partition coefficient (Wildman–Crippen LogP) is 3.24.